The third-order valence-electron chi connectivity index (χ3n) is 4.37. The summed E-state index contributed by atoms with van der Waals surface area (Å²) in [6, 6.07) is 16.0. The van der Waals surface area contributed by atoms with Crippen molar-refractivity contribution in [2.75, 3.05) is 0 Å². The molecule has 0 radical (unpaired) electrons. The zero-order chi connectivity index (χ0) is 18.1. The van der Waals surface area contributed by atoms with Crippen LogP contribution in [-0.4, -0.2) is 10.5 Å². The lowest BCUT2D eigenvalue weighted by molar-refractivity contribution is 0.0972. The van der Waals surface area contributed by atoms with Gasteiger partial charge in [0.05, 0.1) is 0 Å². The molecule has 0 atom stereocenters. The molecule has 0 aliphatic heterocycles. The normalized spacial score (nSPS) is 12.0. The topological polar surface area (TPSA) is 47.5 Å². The van der Waals surface area contributed by atoms with E-state index in [-0.39, 0.29) is 5.91 Å². The molecule has 130 valence electrons. The van der Waals surface area contributed by atoms with Crippen LogP contribution in [0.3, 0.4) is 0 Å². The Morgan fingerprint density at radius 1 is 1.12 bits per heavy atom. The molecule has 0 aliphatic carbocycles. The van der Waals surface area contributed by atoms with Gasteiger partial charge in [-0.3, -0.25) is 4.79 Å². The first kappa shape index (κ1) is 16.5. The molecule has 0 N–H and O–H groups in total. The van der Waals surface area contributed by atoms with Gasteiger partial charge in [-0.2, -0.15) is 4.99 Å². The fourth-order valence-electron chi connectivity index (χ4n) is 2.91. The fraction of sp³-hybridized carbons (Fsp3) is 0.143. The predicted octanol–water partition coefficient (Wildman–Crippen LogP) is 4.70. The van der Waals surface area contributed by atoms with Crippen molar-refractivity contribution < 1.29 is 9.21 Å². The third-order valence-corrected chi connectivity index (χ3v) is 5.16. The molecule has 0 aliphatic rings. The molecule has 0 saturated carbocycles. The molecule has 4 rings (SSSR count). The molecule has 4 nitrogen and oxygen atoms in total. The summed E-state index contributed by atoms with van der Waals surface area (Å²) < 4.78 is 7.71. The highest BCUT2D eigenvalue weighted by Gasteiger charge is 2.17. The summed E-state index contributed by atoms with van der Waals surface area (Å²) in [7, 11) is 0. The summed E-state index contributed by atoms with van der Waals surface area (Å²) in [6.07, 6.45) is 1.95. The monoisotopic (exact) mass is 362 g/mol. The lowest BCUT2D eigenvalue weighted by Crippen LogP contribution is -2.17. The molecule has 5 heteroatoms. The smallest absolute Gasteiger partial charge is 0.315 e. The van der Waals surface area contributed by atoms with E-state index in [0.29, 0.717) is 22.7 Å². The van der Waals surface area contributed by atoms with Crippen molar-refractivity contribution in [2.24, 2.45) is 4.99 Å². The molecular weight excluding hydrogens is 344 g/mol. The van der Waals surface area contributed by atoms with E-state index in [1.807, 2.05) is 47.3 Å². The first-order valence-electron chi connectivity index (χ1n) is 8.38. The Bertz CT molecular complexity index is 1150. The Kier molecular flexibility index (Phi) is 4.31. The Morgan fingerprint density at radius 2 is 1.88 bits per heavy atom. The van der Waals surface area contributed by atoms with E-state index in [2.05, 4.69) is 36.2 Å². The van der Waals surface area contributed by atoms with Gasteiger partial charge >= 0.3 is 5.91 Å². The minimum absolute atomic E-state index is 0.307. The summed E-state index contributed by atoms with van der Waals surface area (Å²) in [4.78, 5) is 17.7. The second-order valence-electron chi connectivity index (χ2n) is 6.27. The van der Waals surface area contributed by atoms with Crippen molar-refractivity contribution in [3.63, 3.8) is 0 Å². The molecule has 4 aromatic rings. The summed E-state index contributed by atoms with van der Waals surface area (Å²) in [5.74, 6) is -0.0414. The molecular formula is C21H18N2O2S. The van der Waals surface area contributed by atoms with Gasteiger partial charge in [0.2, 0.25) is 0 Å². The van der Waals surface area contributed by atoms with Gasteiger partial charge in [-0.1, -0.05) is 48.0 Å². The number of hydrogen-bond acceptors (Lipinski definition) is 3. The van der Waals surface area contributed by atoms with Gasteiger partial charge in [-0.05, 0) is 25.5 Å². The third kappa shape index (κ3) is 3.13. The average molecular weight is 362 g/mol. The van der Waals surface area contributed by atoms with E-state index < -0.39 is 0 Å². The minimum atomic E-state index is -0.348. The van der Waals surface area contributed by atoms with Crippen LogP contribution in [0.1, 0.15) is 27.2 Å². The standard InChI is InChI=1S/C21H18N2O2S/c1-14-7-9-16(10-8-14)13-23-11-12-26-21(23)22-20(24)19-15(2)17-5-3-4-6-18(17)25-19/h3-12H,13H2,1-2H3. The molecule has 0 fully saturated rings. The van der Waals surface area contributed by atoms with E-state index in [1.54, 1.807) is 0 Å². The number of furan rings is 1. The molecule has 26 heavy (non-hydrogen) atoms. The zero-order valence-corrected chi connectivity index (χ0v) is 15.4. The minimum Gasteiger partial charge on any atom is -0.451 e. The van der Waals surface area contributed by atoms with Gasteiger partial charge in [0.25, 0.3) is 0 Å². The number of thiazole rings is 1. The van der Waals surface area contributed by atoms with Crippen LogP contribution in [0.15, 0.2) is 69.5 Å². The van der Waals surface area contributed by atoms with Crippen LogP contribution >= 0.6 is 11.3 Å². The zero-order valence-electron chi connectivity index (χ0n) is 14.6. The SMILES string of the molecule is Cc1ccc(Cn2ccsc2=NC(=O)c2oc3ccccc3c2C)cc1. The van der Waals surface area contributed by atoms with Crippen LogP contribution in [-0.2, 0) is 6.54 Å². The number of amides is 1. The number of fused-ring (bicyclic) bond motifs is 1. The van der Waals surface area contributed by atoms with Gasteiger partial charge in [0, 0.05) is 29.1 Å². The van der Waals surface area contributed by atoms with Crippen molar-refractivity contribution in [1.29, 1.82) is 0 Å². The van der Waals surface area contributed by atoms with Gasteiger partial charge in [-0.15, -0.1) is 11.3 Å². The number of hydrogen-bond donors (Lipinski definition) is 0. The average Bonchev–Trinajstić information content (AvgIpc) is 3.22. The Labute approximate surface area is 155 Å². The Hall–Kier alpha value is -2.92. The second-order valence-corrected chi connectivity index (χ2v) is 7.14. The number of rotatable bonds is 3. The molecule has 2 aromatic heterocycles. The van der Waals surface area contributed by atoms with Gasteiger partial charge in [0.1, 0.15) is 5.58 Å². The Morgan fingerprint density at radius 3 is 2.65 bits per heavy atom. The van der Waals surface area contributed by atoms with Gasteiger partial charge < -0.3 is 8.98 Å². The van der Waals surface area contributed by atoms with E-state index in [0.717, 1.165) is 10.9 Å². The van der Waals surface area contributed by atoms with Gasteiger partial charge in [0.15, 0.2) is 10.6 Å². The maximum atomic E-state index is 12.7. The van der Waals surface area contributed by atoms with Crippen LogP contribution in [0.25, 0.3) is 11.0 Å². The number of aromatic nitrogens is 1. The van der Waals surface area contributed by atoms with Crippen LogP contribution in [0.2, 0.25) is 0 Å². The lowest BCUT2D eigenvalue weighted by atomic mass is 10.1. The van der Waals surface area contributed by atoms with E-state index >= 15 is 0 Å². The highest BCUT2D eigenvalue weighted by Crippen LogP contribution is 2.25. The van der Waals surface area contributed by atoms with Crippen LogP contribution in [0, 0.1) is 13.8 Å². The van der Waals surface area contributed by atoms with Crippen LogP contribution < -0.4 is 4.80 Å². The number of aryl methyl sites for hydroxylation is 2. The number of nitrogens with zero attached hydrogens (tertiary/aromatic N) is 2. The first-order chi connectivity index (χ1) is 12.6. The summed E-state index contributed by atoms with van der Waals surface area (Å²) in [5, 5.41) is 2.89. The fourth-order valence-corrected chi connectivity index (χ4v) is 3.64. The number of carbonyl (C=O) groups is 1. The van der Waals surface area contributed by atoms with E-state index in [4.69, 9.17) is 4.42 Å². The number of carbonyl (C=O) groups excluding carboxylic acids is 1. The summed E-state index contributed by atoms with van der Waals surface area (Å²) >= 11 is 1.44. The van der Waals surface area contributed by atoms with E-state index in [1.165, 1.54) is 22.5 Å². The largest absolute Gasteiger partial charge is 0.451 e. The van der Waals surface area contributed by atoms with E-state index in [9.17, 15) is 4.79 Å². The summed E-state index contributed by atoms with van der Waals surface area (Å²) in [6.45, 7) is 4.63. The van der Waals surface area contributed by atoms with Crippen LogP contribution in [0.4, 0.5) is 0 Å². The second kappa shape index (κ2) is 6.77. The maximum absolute atomic E-state index is 12.7. The molecule has 0 saturated heterocycles. The molecule has 0 bridgehead atoms. The highest BCUT2D eigenvalue weighted by molar-refractivity contribution is 7.07. The maximum Gasteiger partial charge on any atom is 0.315 e. The van der Waals surface area contributed by atoms with Crippen molar-refractivity contribution in [1.82, 2.24) is 4.57 Å². The molecule has 0 spiro atoms. The molecule has 1 amide bonds. The molecule has 2 heterocycles. The van der Waals surface area contributed by atoms with Crippen molar-refractivity contribution in [2.45, 2.75) is 20.4 Å². The number of para-hydroxylation sites is 1. The number of benzene rings is 2. The Balaban J connectivity index is 1.68. The molecule has 2 aromatic carbocycles. The van der Waals surface area contributed by atoms with Crippen LogP contribution in [0.5, 0.6) is 0 Å². The predicted molar refractivity (Wildman–Crippen MR) is 103 cm³/mol. The van der Waals surface area contributed by atoms with Crippen molar-refractivity contribution >= 4 is 28.2 Å². The molecule has 0 unspecified atom stereocenters. The summed E-state index contributed by atoms with van der Waals surface area (Å²) in [5.41, 5.74) is 3.94. The van der Waals surface area contributed by atoms with Gasteiger partial charge in [-0.25, -0.2) is 0 Å². The van der Waals surface area contributed by atoms with Crippen molar-refractivity contribution in [3.8, 4) is 0 Å². The lowest BCUT2D eigenvalue weighted by Gasteiger charge is -2.03. The quantitative estimate of drug-likeness (QED) is 0.530. The highest BCUT2D eigenvalue weighted by atomic mass is 32.1. The first-order valence-corrected chi connectivity index (χ1v) is 9.26. The van der Waals surface area contributed by atoms with Crippen molar-refractivity contribution in [3.05, 3.63) is 87.4 Å².